The SMILES string of the molecule is CC/C=C/C1CCC(C2CC=C(c3ccc(CCCC)c(F)c3F)CC2)CC1. The summed E-state index contributed by atoms with van der Waals surface area (Å²) in [5, 5.41) is 0. The van der Waals surface area contributed by atoms with Crippen LogP contribution in [0.3, 0.4) is 0 Å². The van der Waals surface area contributed by atoms with E-state index in [1.807, 2.05) is 0 Å². The summed E-state index contributed by atoms with van der Waals surface area (Å²) in [4.78, 5) is 0. The van der Waals surface area contributed by atoms with Crippen LogP contribution in [0.25, 0.3) is 5.57 Å². The normalized spacial score (nSPS) is 25.9. The van der Waals surface area contributed by atoms with Crippen molar-refractivity contribution in [3.05, 3.63) is 53.1 Å². The molecule has 0 radical (unpaired) electrons. The van der Waals surface area contributed by atoms with Crippen LogP contribution in [0, 0.1) is 29.4 Å². The third-order valence-electron chi connectivity index (χ3n) is 6.89. The molecule has 1 aromatic rings. The fourth-order valence-corrected chi connectivity index (χ4v) is 5.06. The van der Waals surface area contributed by atoms with E-state index in [9.17, 15) is 8.78 Å². The number of hydrogen-bond acceptors (Lipinski definition) is 0. The molecule has 0 aromatic heterocycles. The van der Waals surface area contributed by atoms with Gasteiger partial charge in [-0.05, 0) is 93.1 Å². The maximum atomic E-state index is 14.6. The number of unbranched alkanes of at least 4 members (excludes halogenated alkanes) is 1. The van der Waals surface area contributed by atoms with Crippen molar-refractivity contribution in [1.82, 2.24) is 0 Å². The summed E-state index contributed by atoms with van der Waals surface area (Å²) in [5.41, 5.74) is 2.02. The Hall–Kier alpha value is -1.44. The van der Waals surface area contributed by atoms with Crippen molar-refractivity contribution in [3.8, 4) is 0 Å². The molecule has 154 valence electrons. The van der Waals surface area contributed by atoms with Crippen LogP contribution in [0.15, 0.2) is 30.4 Å². The number of rotatable bonds is 7. The smallest absolute Gasteiger partial charge is 0.166 e. The van der Waals surface area contributed by atoms with Crippen molar-refractivity contribution in [2.75, 3.05) is 0 Å². The van der Waals surface area contributed by atoms with E-state index < -0.39 is 11.6 Å². The summed E-state index contributed by atoms with van der Waals surface area (Å²) < 4.78 is 29.1. The summed E-state index contributed by atoms with van der Waals surface area (Å²) in [6, 6.07) is 3.60. The maximum absolute atomic E-state index is 14.6. The van der Waals surface area contributed by atoms with Gasteiger partial charge in [0.25, 0.3) is 0 Å². The van der Waals surface area contributed by atoms with Crippen LogP contribution < -0.4 is 0 Å². The van der Waals surface area contributed by atoms with Crippen molar-refractivity contribution in [2.45, 2.75) is 84.5 Å². The first-order valence-electron chi connectivity index (χ1n) is 11.5. The van der Waals surface area contributed by atoms with E-state index >= 15 is 0 Å². The fourth-order valence-electron chi connectivity index (χ4n) is 5.06. The molecule has 0 amide bonds. The van der Waals surface area contributed by atoms with Gasteiger partial charge in [-0.3, -0.25) is 0 Å². The second-order valence-electron chi connectivity index (χ2n) is 8.78. The molecule has 1 atom stereocenters. The van der Waals surface area contributed by atoms with Crippen molar-refractivity contribution in [1.29, 1.82) is 0 Å². The molecule has 2 aliphatic rings. The van der Waals surface area contributed by atoms with Gasteiger partial charge in [-0.1, -0.05) is 50.6 Å². The third-order valence-corrected chi connectivity index (χ3v) is 6.89. The number of halogens is 2. The molecule has 28 heavy (non-hydrogen) atoms. The molecule has 3 rings (SSSR count). The molecule has 1 saturated carbocycles. The quantitative estimate of drug-likeness (QED) is 0.414. The maximum Gasteiger partial charge on any atom is 0.166 e. The van der Waals surface area contributed by atoms with E-state index in [1.54, 1.807) is 12.1 Å². The molecule has 0 saturated heterocycles. The molecule has 2 aliphatic carbocycles. The Morgan fingerprint density at radius 3 is 2.39 bits per heavy atom. The van der Waals surface area contributed by atoms with Gasteiger partial charge in [0.15, 0.2) is 11.6 Å². The Balaban J connectivity index is 1.60. The van der Waals surface area contributed by atoms with Gasteiger partial charge < -0.3 is 0 Å². The first-order chi connectivity index (χ1) is 13.6. The van der Waals surface area contributed by atoms with Gasteiger partial charge in [0.05, 0.1) is 0 Å². The first kappa shape index (κ1) is 21.3. The predicted octanol–water partition coefficient (Wildman–Crippen LogP) is 8.26. The van der Waals surface area contributed by atoms with Gasteiger partial charge >= 0.3 is 0 Å². The Kier molecular flexibility index (Phi) is 7.88. The second kappa shape index (κ2) is 10.4. The number of benzene rings is 1. The lowest BCUT2D eigenvalue weighted by Crippen LogP contribution is -2.22. The fraction of sp³-hybridized carbons (Fsp3) is 0.615. The topological polar surface area (TPSA) is 0 Å². The molecule has 0 nitrogen and oxygen atoms in total. The first-order valence-corrected chi connectivity index (χ1v) is 11.5. The van der Waals surface area contributed by atoms with Gasteiger partial charge in [-0.2, -0.15) is 0 Å². The summed E-state index contributed by atoms with van der Waals surface area (Å²) in [6.45, 7) is 4.27. The monoisotopic (exact) mass is 386 g/mol. The molecule has 0 spiro atoms. The number of hydrogen-bond donors (Lipinski definition) is 0. The molecule has 1 fully saturated rings. The van der Waals surface area contributed by atoms with Crippen LogP contribution in [0.2, 0.25) is 0 Å². The van der Waals surface area contributed by atoms with E-state index in [1.165, 1.54) is 25.7 Å². The molecule has 1 unspecified atom stereocenters. The molecule has 0 aliphatic heterocycles. The Morgan fingerprint density at radius 2 is 1.75 bits per heavy atom. The van der Waals surface area contributed by atoms with Crippen molar-refractivity contribution in [3.63, 3.8) is 0 Å². The summed E-state index contributed by atoms with van der Waals surface area (Å²) in [5.74, 6) is 1.03. The lowest BCUT2D eigenvalue weighted by atomic mass is 9.71. The van der Waals surface area contributed by atoms with Crippen molar-refractivity contribution < 1.29 is 8.78 Å². The summed E-state index contributed by atoms with van der Waals surface area (Å²) in [6.07, 6.45) is 18.8. The van der Waals surface area contributed by atoms with E-state index in [0.29, 0.717) is 17.5 Å². The van der Waals surface area contributed by atoms with E-state index in [0.717, 1.165) is 61.9 Å². The zero-order valence-corrected chi connectivity index (χ0v) is 17.7. The highest BCUT2D eigenvalue weighted by Crippen LogP contribution is 2.42. The van der Waals surface area contributed by atoms with Gasteiger partial charge in [0, 0.05) is 5.56 Å². The van der Waals surface area contributed by atoms with Gasteiger partial charge in [0.1, 0.15) is 0 Å². The average Bonchev–Trinajstić information content (AvgIpc) is 2.74. The zero-order valence-electron chi connectivity index (χ0n) is 17.7. The molecule has 0 bridgehead atoms. The molecule has 2 heteroatoms. The minimum atomic E-state index is -0.637. The minimum Gasteiger partial charge on any atom is -0.203 e. The van der Waals surface area contributed by atoms with Crippen LogP contribution in [-0.2, 0) is 6.42 Å². The molecule has 0 heterocycles. The van der Waals surface area contributed by atoms with E-state index in [-0.39, 0.29) is 0 Å². The zero-order chi connectivity index (χ0) is 19.9. The lowest BCUT2D eigenvalue weighted by molar-refractivity contribution is 0.212. The van der Waals surface area contributed by atoms with Crippen LogP contribution in [0.5, 0.6) is 0 Å². The predicted molar refractivity (Wildman–Crippen MR) is 115 cm³/mol. The number of aryl methyl sites for hydroxylation is 1. The van der Waals surface area contributed by atoms with Gasteiger partial charge in [-0.15, -0.1) is 0 Å². The van der Waals surface area contributed by atoms with Crippen LogP contribution in [0.1, 0.15) is 89.2 Å². The van der Waals surface area contributed by atoms with Crippen molar-refractivity contribution in [2.24, 2.45) is 17.8 Å². The average molecular weight is 387 g/mol. The largest absolute Gasteiger partial charge is 0.203 e. The second-order valence-corrected chi connectivity index (χ2v) is 8.78. The number of allylic oxidation sites excluding steroid dienone is 4. The minimum absolute atomic E-state index is 0.490. The highest BCUT2D eigenvalue weighted by Gasteiger charge is 2.28. The third kappa shape index (κ3) is 5.13. The standard InChI is InChI=1S/C26H36F2/c1-3-5-7-19-9-11-20(12-10-19)21-13-15-22(16-14-21)24-18-17-23(8-6-4-2)25(27)26(24)28/h5,7,15,17-21H,3-4,6,8-14,16H2,1-2H3/b7-5+. The van der Waals surface area contributed by atoms with E-state index in [4.69, 9.17) is 0 Å². The van der Waals surface area contributed by atoms with Crippen LogP contribution >= 0.6 is 0 Å². The molecule has 0 N–H and O–H groups in total. The lowest BCUT2D eigenvalue weighted by Gasteiger charge is -2.35. The van der Waals surface area contributed by atoms with Crippen molar-refractivity contribution >= 4 is 5.57 Å². The molecule has 1 aromatic carbocycles. The van der Waals surface area contributed by atoms with E-state index in [2.05, 4.69) is 32.1 Å². The Bertz CT molecular complexity index is 693. The highest BCUT2D eigenvalue weighted by atomic mass is 19.2. The Morgan fingerprint density at radius 1 is 0.964 bits per heavy atom. The highest BCUT2D eigenvalue weighted by molar-refractivity contribution is 5.67. The summed E-state index contributed by atoms with van der Waals surface area (Å²) >= 11 is 0. The van der Waals surface area contributed by atoms with Crippen LogP contribution in [-0.4, -0.2) is 0 Å². The van der Waals surface area contributed by atoms with Gasteiger partial charge in [0.2, 0.25) is 0 Å². The van der Waals surface area contributed by atoms with Crippen LogP contribution in [0.4, 0.5) is 8.78 Å². The Labute approximate surface area is 170 Å². The summed E-state index contributed by atoms with van der Waals surface area (Å²) in [7, 11) is 0. The molecular formula is C26H36F2. The van der Waals surface area contributed by atoms with Gasteiger partial charge in [-0.25, -0.2) is 8.78 Å². The molecular weight excluding hydrogens is 350 g/mol.